The molecule has 82 valence electrons. The van der Waals surface area contributed by atoms with Crippen molar-refractivity contribution in [1.82, 2.24) is 4.98 Å². The van der Waals surface area contributed by atoms with Crippen LogP contribution < -0.4 is 0 Å². The number of nitrogens with zero attached hydrogens (tertiary/aromatic N) is 1. The summed E-state index contributed by atoms with van der Waals surface area (Å²) in [5.41, 5.74) is -0.489. The van der Waals surface area contributed by atoms with Gasteiger partial charge in [-0.2, -0.15) is 13.2 Å². The molecule has 6 heteroatoms. The fraction of sp³-hybridized carbons (Fsp3) is 0.333. The third-order valence-corrected chi connectivity index (χ3v) is 1.83. The van der Waals surface area contributed by atoms with Gasteiger partial charge in [0.25, 0.3) is 0 Å². The lowest BCUT2D eigenvalue weighted by atomic mass is 10.1. The van der Waals surface area contributed by atoms with Crippen molar-refractivity contribution in [3.63, 3.8) is 0 Å². The number of halogens is 3. The number of aryl methyl sites for hydroxylation is 1. The normalized spacial score (nSPS) is 11.5. The number of aromatic nitrogens is 1. The van der Waals surface area contributed by atoms with Gasteiger partial charge in [0, 0.05) is 6.20 Å². The van der Waals surface area contributed by atoms with Gasteiger partial charge in [0.05, 0.1) is 17.7 Å². The molecular weight excluding hydrogens is 211 g/mol. The minimum Gasteiger partial charge on any atom is -0.481 e. The van der Waals surface area contributed by atoms with Gasteiger partial charge in [-0.15, -0.1) is 0 Å². The summed E-state index contributed by atoms with van der Waals surface area (Å²) in [4.78, 5) is 13.8. The van der Waals surface area contributed by atoms with Gasteiger partial charge in [-0.05, 0) is 18.6 Å². The van der Waals surface area contributed by atoms with Crippen LogP contribution in [-0.2, 0) is 17.4 Å². The minimum absolute atomic E-state index is 0.149. The number of hydrogen-bond acceptors (Lipinski definition) is 2. The molecule has 0 amide bonds. The number of carboxylic acids is 1. The summed E-state index contributed by atoms with van der Waals surface area (Å²) >= 11 is 0. The van der Waals surface area contributed by atoms with Gasteiger partial charge in [0.2, 0.25) is 0 Å². The van der Waals surface area contributed by atoms with Crippen LogP contribution in [0.1, 0.15) is 16.8 Å². The van der Waals surface area contributed by atoms with Gasteiger partial charge < -0.3 is 5.11 Å². The molecule has 1 heterocycles. The quantitative estimate of drug-likeness (QED) is 0.827. The van der Waals surface area contributed by atoms with Crippen molar-refractivity contribution < 1.29 is 23.1 Å². The highest BCUT2D eigenvalue weighted by Gasteiger charge is 2.31. The zero-order valence-corrected chi connectivity index (χ0v) is 7.80. The van der Waals surface area contributed by atoms with E-state index in [-0.39, 0.29) is 17.7 Å². The lowest BCUT2D eigenvalue weighted by Crippen LogP contribution is -2.09. The first-order valence-electron chi connectivity index (χ1n) is 4.05. The molecule has 0 fully saturated rings. The van der Waals surface area contributed by atoms with Crippen molar-refractivity contribution in [2.75, 3.05) is 0 Å². The Hall–Kier alpha value is -1.59. The Morgan fingerprint density at radius 2 is 2.13 bits per heavy atom. The zero-order valence-electron chi connectivity index (χ0n) is 7.80. The minimum atomic E-state index is -4.44. The van der Waals surface area contributed by atoms with Crippen LogP contribution in [0.3, 0.4) is 0 Å². The zero-order chi connectivity index (χ0) is 11.6. The molecule has 0 unspecified atom stereocenters. The van der Waals surface area contributed by atoms with Crippen LogP contribution >= 0.6 is 0 Å². The molecular formula is C9H8F3NO2. The number of rotatable bonds is 2. The highest BCUT2D eigenvalue weighted by atomic mass is 19.4. The summed E-state index contributed by atoms with van der Waals surface area (Å²) in [7, 11) is 0. The monoisotopic (exact) mass is 219 g/mol. The van der Waals surface area contributed by atoms with Crippen LogP contribution in [-0.4, -0.2) is 16.1 Å². The second-order valence-corrected chi connectivity index (χ2v) is 3.06. The van der Waals surface area contributed by atoms with Crippen LogP contribution in [0.25, 0.3) is 0 Å². The molecule has 0 aliphatic carbocycles. The van der Waals surface area contributed by atoms with E-state index in [0.29, 0.717) is 6.20 Å². The second-order valence-electron chi connectivity index (χ2n) is 3.06. The molecule has 15 heavy (non-hydrogen) atoms. The Labute approximate surface area is 83.6 Å². The molecule has 0 radical (unpaired) electrons. The first-order valence-corrected chi connectivity index (χ1v) is 4.05. The summed E-state index contributed by atoms with van der Waals surface area (Å²) < 4.78 is 36.6. The van der Waals surface area contributed by atoms with Gasteiger partial charge in [0.1, 0.15) is 0 Å². The van der Waals surface area contributed by atoms with Crippen molar-refractivity contribution in [2.24, 2.45) is 0 Å². The molecule has 1 N–H and O–H groups in total. The van der Waals surface area contributed by atoms with Crippen molar-refractivity contribution in [3.8, 4) is 0 Å². The van der Waals surface area contributed by atoms with Crippen LogP contribution in [0, 0.1) is 6.92 Å². The molecule has 3 nitrogen and oxygen atoms in total. The standard InChI is InChI=1S/C9H8F3NO2/c1-5-2-6(9(10,11)12)4-13-7(5)3-8(14)15/h2,4H,3H2,1H3,(H,14,15). The SMILES string of the molecule is Cc1cc(C(F)(F)F)cnc1CC(=O)O. The van der Waals surface area contributed by atoms with Gasteiger partial charge >= 0.3 is 12.1 Å². The molecule has 0 aliphatic rings. The fourth-order valence-corrected chi connectivity index (χ4v) is 1.09. The first kappa shape index (κ1) is 11.5. The first-order chi connectivity index (χ1) is 6.80. The number of pyridine rings is 1. The predicted molar refractivity (Wildman–Crippen MR) is 45.3 cm³/mol. The highest BCUT2D eigenvalue weighted by Crippen LogP contribution is 2.29. The molecule has 0 saturated carbocycles. The predicted octanol–water partition coefficient (Wildman–Crippen LogP) is 2.04. The topological polar surface area (TPSA) is 50.2 Å². The molecule has 0 saturated heterocycles. The second kappa shape index (κ2) is 3.88. The van der Waals surface area contributed by atoms with Crippen LogP contribution in [0.2, 0.25) is 0 Å². The maximum atomic E-state index is 12.2. The van der Waals surface area contributed by atoms with E-state index in [0.717, 1.165) is 6.07 Å². The van der Waals surface area contributed by atoms with Gasteiger partial charge in [-0.1, -0.05) is 0 Å². The molecule has 0 bridgehead atoms. The molecule has 0 spiro atoms. The lowest BCUT2D eigenvalue weighted by molar-refractivity contribution is -0.138. The number of carbonyl (C=O) groups is 1. The summed E-state index contributed by atoms with van der Waals surface area (Å²) in [6.45, 7) is 1.40. The van der Waals surface area contributed by atoms with Crippen LogP contribution in [0.5, 0.6) is 0 Å². The fourth-order valence-electron chi connectivity index (χ4n) is 1.09. The largest absolute Gasteiger partial charge is 0.481 e. The van der Waals surface area contributed by atoms with E-state index < -0.39 is 17.7 Å². The van der Waals surface area contributed by atoms with E-state index >= 15 is 0 Å². The van der Waals surface area contributed by atoms with Crippen LogP contribution in [0.4, 0.5) is 13.2 Å². The average molecular weight is 219 g/mol. The van der Waals surface area contributed by atoms with Crippen molar-refractivity contribution in [3.05, 3.63) is 29.1 Å². The van der Waals surface area contributed by atoms with E-state index in [1.54, 1.807) is 0 Å². The number of hydrogen-bond donors (Lipinski definition) is 1. The Morgan fingerprint density at radius 1 is 1.53 bits per heavy atom. The summed E-state index contributed by atoms with van der Waals surface area (Å²) in [5, 5.41) is 8.46. The number of alkyl halides is 3. The van der Waals surface area contributed by atoms with Crippen LogP contribution in [0.15, 0.2) is 12.3 Å². The van der Waals surface area contributed by atoms with Crippen molar-refractivity contribution in [2.45, 2.75) is 19.5 Å². The summed E-state index contributed by atoms with van der Waals surface area (Å²) in [5.74, 6) is -1.12. The van der Waals surface area contributed by atoms with E-state index in [2.05, 4.69) is 4.98 Å². The summed E-state index contributed by atoms with van der Waals surface area (Å²) in [6.07, 6.45) is -4.17. The maximum absolute atomic E-state index is 12.2. The summed E-state index contributed by atoms with van der Waals surface area (Å²) in [6, 6.07) is 0.894. The Bertz CT molecular complexity index is 387. The maximum Gasteiger partial charge on any atom is 0.417 e. The number of aliphatic carboxylic acids is 1. The van der Waals surface area contributed by atoms with Gasteiger partial charge in [-0.25, -0.2) is 0 Å². The third kappa shape index (κ3) is 2.93. The van der Waals surface area contributed by atoms with Crippen molar-refractivity contribution in [1.29, 1.82) is 0 Å². The molecule has 1 aromatic rings. The number of carboxylic acid groups (broad SMARTS) is 1. The van der Waals surface area contributed by atoms with E-state index in [1.807, 2.05) is 0 Å². The van der Waals surface area contributed by atoms with Gasteiger partial charge in [0.15, 0.2) is 0 Å². The molecule has 0 aromatic carbocycles. The molecule has 1 rings (SSSR count). The lowest BCUT2D eigenvalue weighted by Gasteiger charge is -2.08. The Morgan fingerprint density at radius 3 is 2.53 bits per heavy atom. The Balaban J connectivity index is 3.03. The smallest absolute Gasteiger partial charge is 0.417 e. The molecule has 1 aromatic heterocycles. The molecule has 0 atom stereocenters. The van der Waals surface area contributed by atoms with Gasteiger partial charge in [-0.3, -0.25) is 9.78 Å². The highest BCUT2D eigenvalue weighted by molar-refractivity contribution is 5.70. The van der Waals surface area contributed by atoms with E-state index in [9.17, 15) is 18.0 Å². The van der Waals surface area contributed by atoms with E-state index in [4.69, 9.17) is 5.11 Å². The third-order valence-electron chi connectivity index (χ3n) is 1.83. The Kier molecular flexibility index (Phi) is 2.97. The van der Waals surface area contributed by atoms with Crippen molar-refractivity contribution >= 4 is 5.97 Å². The van der Waals surface area contributed by atoms with E-state index in [1.165, 1.54) is 6.92 Å². The molecule has 0 aliphatic heterocycles. The average Bonchev–Trinajstić information content (AvgIpc) is 2.05.